The number of amides is 1. The van der Waals surface area contributed by atoms with Gasteiger partial charge in [-0.3, -0.25) is 14.2 Å². The highest BCUT2D eigenvalue weighted by Crippen LogP contribution is 2.47. The summed E-state index contributed by atoms with van der Waals surface area (Å²) in [5, 5.41) is 7.32. The molecule has 2 aliphatic rings. The van der Waals surface area contributed by atoms with Crippen LogP contribution in [0.3, 0.4) is 0 Å². The van der Waals surface area contributed by atoms with E-state index in [-0.39, 0.29) is 18.0 Å². The maximum atomic E-state index is 13.1. The van der Waals surface area contributed by atoms with E-state index in [1.54, 1.807) is 23.5 Å². The molecule has 0 unspecified atom stereocenters. The van der Waals surface area contributed by atoms with Gasteiger partial charge in [0.05, 0.1) is 11.7 Å². The number of fused-ring (bicyclic) bond motifs is 2. The van der Waals surface area contributed by atoms with E-state index >= 15 is 0 Å². The lowest BCUT2D eigenvalue weighted by Gasteiger charge is -2.21. The van der Waals surface area contributed by atoms with Crippen LogP contribution in [0.25, 0.3) is 20.7 Å². The third-order valence-corrected chi connectivity index (χ3v) is 7.64. The van der Waals surface area contributed by atoms with Crippen molar-refractivity contribution >= 4 is 44.5 Å². The van der Waals surface area contributed by atoms with Gasteiger partial charge in [0.25, 0.3) is 11.3 Å². The van der Waals surface area contributed by atoms with Crippen LogP contribution in [0.5, 0.6) is 11.5 Å². The second-order valence-corrected chi connectivity index (χ2v) is 9.82. The average Bonchev–Trinajstić information content (AvgIpc) is 3.56. The van der Waals surface area contributed by atoms with Gasteiger partial charge in [-0.15, -0.1) is 22.7 Å². The molecular weight excluding hydrogens is 446 g/mol. The lowest BCUT2D eigenvalue weighted by molar-refractivity contribution is -0.116. The Bertz CT molecular complexity index is 1380. The van der Waals surface area contributed by atoms with E-state index in [0.29, 0.717) is 27.4 Å². The smallest absolute Gasteiger partial charge is 0.263 e. The van der Waals surface area contributed by atoms with Crippen molar-refractivity contribution in [1.29, 1.82) is 0 Å². The number of aromatic nitrogens is 2. The van der Waals surface area contributed by atoms with Crippen molar-refractivity contribution in [3.05, 3.63) is 57.8 Å². The summed E-state index contributed by atoms with van der Waals surface area (Å²) < 4.78 is 13.4. The predicted molar refractivity (Wildman–Crippen MR) is 125 cm³/mol. The highest BCUT2D eigenvalue weighted by molar-refractivity contribution is 7.18. The molecule has 3 aromatic heterocycles. The predicted octanol–water partition coefficient (Wildman–Crippen LogP) is 4.87. The molecule has 1 fully saturated rings. The van der Waals surface area contributed by atoms with E-state index in [1.165, 1.54) is 22.2 Å². The zero-order valence-electron chi connectivity index (χ0n) is 17.0. The van der Waals surface area contributed by atoms with Crippen LogP contribution in [0.2, 0.25) is 0 Å². The number of benzene rings is 1. The number of thiophene rings is 2. The molecule has 1 saturated carbocycles. The van der Waals surface area contributed by atoms with Crippen LogP contribution in [0.15, 0.2) is 52.2 Å². The van der Waals surface area contributed by atoms with E-state index in [4.69, 9.17) is 9.47 Å². The highest BCUT2D eigenvalue weighted by atomic mass is 32.1. The minimum atomic E-state index is -0.542. The quantitative estimate of drug-likeness (QED) is 0.465. The van der Waals surface area contributed by atoms with Crippen molar-refractivity contribution in [3.63, 3.8) is 0 Å². The van der Waals surface area contributed by atoms with Crippen molar-refractivity contribution in [2.75, 3.05) is 5.32 Å². The van der Waals surface area contributed by atoms with Gasteiger partial charge in [-0.2, -0.15) is 0 Å². The number of anilines is 1. The fraction of sp³-hybridized carbons (Fsp3) is 0.261. The molecule has 4 heterocycles. The zero-order chi connectivity index (χ0) is 21.7. The molecule has 6 rings (SSSR count). The Morgan fingerprint density at radius 3 is 2.81 bits per heavy atom. The first kappa shape index (κ1) is 19.5. The van der Waals surface area contributed by atoms with Gasteiger partial charge < -0.3 is 14.8 Å². The van der Waals surface area contributed by atoms with Gasteiger partial charge in [-0.1, -0.05) is 6.07 Å². The van der Waals surface area contributed by atoms with E-state index in [1.807, 2.05) is 29.0 Å². The first-order valence-corrected chi connectivity index (χ1v) is 12.2. The molecule has 4 aromatic rings. The molecule has 1 N–H and O–H groups in total. The van der Waals surface area contributed by atoms with Gasteiger partial charge in [0.15, 0.2) is 11.5 Å². The first-order chi connectivity index (χ1) is 15.6. The van der Waals surface area contributed by atoms with Crippen LogP contribution in [-0.4, -0.2) is 21.2 Å². The lowest BCUT2D eigenvalue weighted by Crippen LogP contribution is -2.34. The summed E-state index contributed by atoms with van der Waals surface area (Å²) in [4.78, 5) is 31.9. The summed E-state index contributed by atoms with van der Waals surface area (Å²) in [6, 6.07) is 9.30. The molecule has 0 saturated heterocycles. The molecule has 1 amide bonds. The van der Waals surface area contributed by atoms with E-state index in [9.17, 15) is 9.59 Å². The summed E-state index contributed by atoms with van der Waals surface area (Å²) in [7, 11) is 0. The second kappa shape index (κ2) is 7.46. The fourth-order valence-corrected chi connectivity index (χ4v) is 6.06. The molecule has 0 radical (unpaired) electrons. The van der Waals surface area contributed by atoms with E-state index in [0.717, 1.165) is 36.1 Å². The topological polar surface area (TPSA) is 82.5 Å². The van der Waals surface area contributed by atoms with Gasteiger partial charge in [0, 0.05) is 40.4 Å². The second-order valence-electron chi connectivity index (χ2n) is 8.02. The standard InChI is InChI=1S/C23H19N3O4S2/c27-19(25-14-5-6-16-17(10-14)30-23(29-16)7-1-2-8-23)11-26-13-24-21-20(22(26)28)15(12-32-21)18-4-3-9-31-18/h3-6,9-10,12-13H,1-2,7-8,11H2,(H,25,27). The third-order valence-electron chi connectivity index (χ3n) is 5.85. The van der Waals surface area contributed by atoms with Crippen LogP contribution in [-0.2, 0) is 11.3 Å². The Morgan fingerprint density at radius 2 is 2.00 bits per heavy atom. The van der Waals surface area contributed by atoms with Crippen molar-refractivity contribution < 1.29 is 14.3 Å². The Morgan fingerprint density at radius 1 is 1.16 bits per heavy atom. The SMILES string of the molecule is O=C(Cn1cnc2scc(-c3cccs3)c2c1=O)Nc1ccc2c(c1)OC1(CCCC1)O2. The molecule has 0 atom stereocenters. The molecule has 7 nitrogen and oxygen atoms in total. The maximum Gasteiger partial charge on any atom is 0.263 e. The highest BCUT2D eigenvalue weighted by Gasteiger charge is 2.44. The number of nitrogens with one attached hydrogen (secondary N) is 1. The molecule has 0 bridgehead atoms. The number of nitrogens with zero attached hydrogens (tertiary/aromatic N) is 2. The number of ether oxygens (including phenoxy) is 2. The lowest BCUT2D eigenvalue weighted by atomic mass is 10.2. The summed E-state index contributed by atoms with van der Waals surface area (Å²) >= 11 is 3.00. The minimum absolute atomic E-state index is 0.125. The van der Waals surface area contributed by atoms with Crippen molar-refractivity contribution in [2.24, 2.45) is 0 Å². The van der Waals surface area contributed by atoms with Gasteiger partial charge in [0.1, 0.15) is 11.4 Å². The van der Waals surface area contributed by atoms with Gasteiger partial charge in [0.2, 0.25) is 5.91 Å². The van der Waals surface area contributed by atoms with Crippen LogP contribution >= 0.6 is 22.7 Å². The van der Waals surface area contributed by atoms with E-state index < -0.39 is 5.79 Å². The molecule has 1 aromatic carbocycles. The number of hydrogen-bond donors (Lipinski definition) is 1. The van der Waals surface area contributed by atoms with Gasteiger partial charge in [-0.25, -0.2) is 4.98 Å². The fourth-order valence-electron chi connectivity index (χ4n) is 4.34. The average molecular weight is 466 g/mol. The van der Waals surface area contributed by atoms with E-state index in [2.05, 4.69) is 10.3 Å². The molecule has 1 aliphatic carbocycles. The van der Waals surface area contributed by atoms with Crippen LogP contribution < -0.4 is 20.3 Å². The summed E-state index contributed by atoms with van der Waals surface area (Å²) in [6.07, 6.45) is 5.35. The Hall–Kier alpha value is -3.17. The summed E-state index contributed by atoms with van der Waals surface area (Å²) in [5.41, 5.74) is 1.25. The number of carbonyl (C=O) groups excluding carboxylic acids is 1. The molecule has 1 spiro atoms. The number of carbonyl (C=O) groups is 1. The minimum Gasteiger partial charge on any atom is -0.448 e. The zero-order valence-corrected chi connectivity index (χ0v) is 18.6. The van der Waals surface area contributed by atoms with Crippen molar-refractivity contribution in [3.8, 4) is 21.9 Å². The largest absolute Gasteiger partial charge is 0.448 e. The van der Waals surface area contributed by atoms with Gasteiger partial charge >= 0.3 is 0 Å². The molecule has 9 heteroatoms. The maximum absolute atomic E-state index is 13.1. The summed E-state index contributed by atoms with van der Waals surface area (Å²) in [6.45, 7) is -0.125. The molecular formula is C23H19N3O4S2. The third kappa shape index (κ3) is 3.28. The van der Waals surface area contributed by atoms with Crippen LogP contribution in [0.1, 0.15) is 25.7 Å². The Labute approximate surface area is 191 Å². The monoisotopic (exact) mass is 465 g/mol. The first-order valence-electron chi connectivity index (χ1n) is 10.4. The molecule has 1 aliphatic heterocycles. The van der Waals surface area contributed by atoms with Gasteiger partial charge in [-0.05, 0) is 36.4 Å². The van der Waals surface area contributed by atoms with Crippen LogP contribution in [0.4, 0.5) is 5.69 Å². The number of hydrogen-bond acceptors (Lipinski definition) is 7. The normalized spacial score (nSPS) is 16.1. The van der Waals surface area contributed by atoms with Crippen molar-refractivity contribution in [2.45, 2.75) is 38.0 Å². The molecule has 32 heavy (non-hydrogen) atoms. The van der Waals surface area contributed by atoms with Crippen LogP contribution in [0, 0.1) is 0 Å². The molecule has 162 valence electrons. The summed E-state index contributed by atoms with van der Waals surface area (Å²) in [5.74, 6) is 0.494. The van der Waals surface area contributed by atoms with Crippen molar-refractivity contribution in [1.82, 2.24) is 9.55 Å². The number of rotatable bonds is 4. The Kier molecular flexibility index (Phi) is 4.55. The Balaban J connectivity index is 1.22.